The first-order chi connectivity index (χ1) is 21.8. The molecule has 206 valence electrons. The van der Waals surface area contributed by atoms with Crippen LogP contribution in [0.25, 0.3) is 42.4 Å². The third kappa shape index (κ3) is 3.08. The van der Waals surface area contributed by atoms with Crippen LogP contribution in [0.3, 0.4) is 0 Å². The second kappa shape index (κ2) is 9.03. The number of thiophene rings is 2. The Morgan fingerprint density at radius 1 is 0.477 bits per heavy atom. The topological polar surface area (TPSA) is 3.24 Å². The van der Waals surface area contributed by atoms with E-state index in [9.17, 15) is 0 Å². The lowest BCUT2D eigenvalue weighted by atomic mass is 9.70. The fraction of sp³-hybridized carbons (Fsp3) is 0.0244. The van der Waals surface area contributed by atoms with E-state index in [1.807, 2.05) is 11.3 Å². The first-order valence-corrected chi connectivity index (χ1v) is 16.7. The van der Waals surface area contributed by atoms with Gasteiger partial charge < -0.3 is 4.90 Å². The van der Waals surface area contributed by atoms with Gasteiger partial charge in [0, 0.05) is 37.1 Å². The molecule has 0 radical (unpaired) electrons. The average Bonchev–Trinajstić information content (AvgIpc) is 3.86. The Morgan fingerprint density at radius 3 is 2.05 bits per heavy atom. The molecular formula is C41H25NS2. The van der Waals surface area contributed by atoms with Crippen molar-refractivity contribution in [3.63, 3.8) is 0 Å². The molecule has 1 spiro atoms. The van der Waals surface area contributed by atoms with Gasteiger partial charge in [-0.2, -0.15) is 0 Å². The molecule has 10 rings (SSSR count). The molecule has 1 atom stereocenters. The molecule has 0 amide bonds. The summed E-state index contributed by atoms with van der Waals surface area (Å²) in [5.74, 6) is 0. The molecule has 8 aromatic rings. The molecule has 0 bridgehead atoms. The Kier molecular flexibility index (Phi) is 5.02. The van der Waals surface area contributed by atoms with Crippen LogP contribution in [-0.2, 0) is 5.41 Å². The van der Waals surface area contributed by atoms with Gasteiger partial charge in [-0.05, 0) is 86.8 Å². The van der Waals surface area contributed by atoms with Crippen LogP contribution in [0, 0.1) is 0 Å². The zero-order valence-corrected chi connectivity index (χ0v) is 25.3. The van der Waals surface area contributed by atoms with Gasteiger partial charge in [0.15, 0.2) is 0 Å². The highest BCUT2D eigenvalue weighted by atomic mass is 32.1. The number of anilines is 3. The number of benzene rings is 6. The maximum Gasteiger partial charge on any atom is 0.0999 e. The summed E-state index contributed by atoms with van der Waals surface area (Å²) in [4.78, 5) is 2.40. The molecule has 0 aliphatic heterocycles. The van der Waals surface area contributed by atoms with E-state index in [1.165, 1.54) is 81.1 Å². The van der Waals surface area contributed by atoms with Gasteiger partial charge in [-0.3, -0.25) is 0 Å². The first kappa shape index (κ1) is 24.5. The molecule has 2 aliphatic carbocycles. The Bertz CT molecular complexity index is 2400. The number of hydrogen-bond donors (Lipinski definition) is 0. The summed E-state index contributed by atoms with van der Waals surface area (Å²) in [6.45, 7) is 0. The van der Waals surface area contributed by atoms with Gasteiger partial charge in [0.2, 0.25) is 0 Å². The van der Waals surface area contributed by atoms with Crippen LogP contribution in [0.1, 0.15) is 22.3 Å². The standard InChI is InChI=1S/C41H25NS2/c1-2-11-26(12-3-1)42(38-19-10-24-43-38)27-20-21-29-28-13-4-7-16-33(28)41(36(29)25-27)34-17-8-5-15-32(34)39-35(41)23-22-31-30-14-6-9-18-37(30)44-40(31)39/h1-25H. The van der Waals surface area contributed by atoms with Gasteiger partial charge in [0.05, 0.1) is 10.4 Å². The number of fused-ring (bicyclic) bond motifs is 14. The van der Waals surface area contributed by atoms with Gasteiger partial charge in [-0.1, -0.05) is 103 Å². The van der Waals surface area contributed by atoms with Crippen molar-refractivity contribution in [1.82, 2.24) is 0 Å². The lowest BCUT2D eigenvalue weighted by Gasteiger charge is -2.32. The molecule has 0 N–H and O–H groups in total. The molecule has 44 heavy (non-hydrogen) atoms. The van der Waals surface area contributed by atoms with Crippen LogP contribution >= 0.6 is 22.7 Å². The lowest BCUT2D eigenvalue weighted by molar-refractivity contribution is 0.794. The van der Waals surface area contributed by atoms with Gasteiger partial charge in [0.25, 0.3) is 0 Å². The van der Waals surface area contributed by atoms with E-state index in [0.29, 0.717) is 0 Å². The third-order valence-electron chi connectivity index (χ3n) is 9.58. The molecule has 0 fully saturated rings. The Hall–Kier alpha value is -4.96. The van der Waals surface area contributed by atoms with Gasteiger partial charge in [0.1, 0.15) is 0 Å². The molecule has 0 saturated heterocycles. The fourth-order valence-electron chi connectivity index (χ4n) is 7.91. The molecular weight excluding hydrogens is 571 g/mol. The van der Waals surface area contributed by atoms with Gasteiger partial charge in [-0.15, -0.1) is 22.7 Å². The zero-order chi connectivity index (χ0) is 28.8. The minimum Gasteiger partial charge on any atom is -0.302 e. The van der Waals surface area contributed by atoms with E-state index in [4.69, 9.17) is 0 Å². The highest BCUT2D eigenvalue weighted by Gasteiger charge is 2.52. The van der Waals surface area contributed by atoms with Crippen LogP contribution < -0.4 is 4.90 Å². The summed E-state index contributed by atoms with van der Waals surface area (Å²) in [6.07, 6.45) is 0. The number of hydrogen-bond acceptors (Lipinski definition) is 3. The minimum atomic E-state index is -0.393. The van der Waals surface area contributed by atoms with Crippen LogP contribution in [0.5, 0.6) is 0 Å². The monoisotopic (exact) mass is 595 g/mol. The second-order valence-electron chi connectivity index (χ2n) is 11.7. The van der Waals surface area contributed by atoms with Crippen molar-refractivity contribution in [2.24, 2.45) is 0 Å². The van der Waals surface area contributed by atoms with E-state index >= 15 is 0 Å². The SMILES string of the molecule is c1ccc(N(c2ccc3c(c2)C2(c4ccccc4-3)c3ccccc3-c3c2ccc2c3sc3ccccc32)c2cccs2)cc1. The molecule has 0 saturated carbocycles. The molecule has 2 aromatic heterocycles. The third-order valence-corrected chi connectivity index (χ3v) is 11.6. The maximum atomic E-state index is 2.48. The smallest absolute Gasteiger partial charge is 0.0999 e. The van der Waals surface area contributed by atoms with Gasteiger partial charge in [-0.25, -0.2) is 0 Å². The zero-order valence-electron chi connectivity index (χ0n) is 23.7. The van der Waals surface area contributed by atoms with Crippen molar-refractivity contribution in [2.45, 2.75) is 5.41 Å². The van der Waals surface area contributed by atoms with E-state index in [0.717, 1.165) is 0 Å². The first-order valence-electron chi connectivity index (χ1n) is 15.0. The minimum absolute atomic E-state index is 0.393. The van der Waals surface area contributed by atoms with Crippen molar-refractivity contribution in [1.29, 1.82) is 0 Å². The second-order valence-corrected chi connectivity index (χ2v) is 13.6. The fourth-order valence-corrected chi connectivity index (χ4v) is 9.94. The number of rotatable bonds is 3. The summed E-state index contributed by atoms with van der Waals surface area (Å²) in [7, 11) is 0. The lowest BCUT2D eigenvalue weighted by Crippen LogP contribution is -2.26. The largest absolute Gasteiger partial charge is 0.302 e. The summed E-state index contributed by atoms with van der Waals surface area (Å²) in [5.41, 5.74) is 12.9. The highest BCUT2D eigenvalue weighted by Crippen LogP contribution is 2.65. The Labute approximate surface area is 263 Å². The van der Waals surface area contributed by atoms with E-state index in [1.54, 1.807) is 11.3 Å². The predicted molar refractivity (Wildman–Crippen MR) is 188 cm³/mol. The van der Waals surface area contributed by atoms with E-state index in [2.05, 4.69) is 156 Å². The van der Waals surface area contributed by atoms with Crippen LogP contribution in [0.2, 0.25) is 0 Å². The van der Waals surface area contributed by atoms with Crippen molar-refractivity contribution in [2.75, 3.05) is 4.90 Å². The summed E-state index contributed by atoms with van der Waals surface area (Å²) >= 11 is 3.70. The molecule has 1 nitrogen and oxygen atoms in total. The van der Waals surface area contributed by atoms with Crippen molar-refractivity contribution >= 4 is 59.2 Å². The van der Waals surface area contributed by atoms with Crippen molar-refractivity contribution in [3.8, 4) is 22.3 Å². The Morgan fingerprint density at radius 2 is 1.20 bits per heavy atom. The quantitative estimate of drug-likeness (QED) is 0.196. The normalized spacial score (nSPS) is 15.8. The molecule has 1 unspecified atom stereocenters. The number of nitrogens with zero attached hydrogens (tertiary/aromatic N) is 1. The Balaban J connectivity index is 1.32. The summed E-state index contributed by atoms with van der Waals surface area (Å²) < 4.78 is 2.73. The average molecular weight is 596 g/mol. The molecule has 3 heteroatoms. The maximum absolute atomic E-state index is 2.48. The predicted octanol–water partition coefficient (Wildman–Crippen LogP) is 11.9. The summed E-state index contributed by atoms with van der Waals surface area (Å²) in [5, 5.41) is 6.07. The van der Waals surface area contributed by atoms with Crippen LogP contribution in [0.4, 0.5) is 16.4 Å². The number of para-hydroxylation sites is 1. The van der Waals surface area contributed by atoms with Crippen molar-refractivity contribution < 1.29 is 0 Å². The van der Waals surface area contributed by atoms with Crippen LogP contribution in [0.15, 0.2) is 151 Å². The van der Waals surface area contributed by atoms with Gasteiger partial charge >= 0.3 is 0 Å². The highest BCUT2D eigenvalue weighted by molar-refractivity contribution is 7.26. The molecule has 6 aromatic carbocycles. The van der Waals surface area contributed by atoms with E-state index in [-0.39, 0.29) is 0 Å². The molecule has 2 heterocycles. The van der Waals surface area contributed by atoms with E-state index < -0.39 is 5.41 Å². The summed E-state index contributed by atoms with van der Waals surface area (Å²) in [6, 6.07) is 54.1. The van der Waals surface area contributed by atoms with Crippen LogP contribution in [-0.4, -0.2) is 0 Å². The van der Waals surface area contributed by atoms with Crippen molar-refractivity contribution in [3.05, 3.63) is 173 Å². The molecule has 2 aliphatic rings.